The monoisotopic (exact) mass is 583 g/mol. The van der Waals surface area contributed by atoms with Crippen molar-refractivity contribution in [1.29, 1.82) is 10.5 Å². The van der Waals surface area contributed by atoms with Crippen molar-refractivity contribution in [2.45, 2.75) is 32.4 Å². The molecular weight excluding hydrogens is 557 g/mol. The van der Waals surface area contributed by atoms with E-state index < -0.39 is 11.8 Å². The highest BCUT2D eigenvalue weighted by atomic mass is 32.1. The number of aromatic carboxylic acids is 1. The average molecular weight is 584 g/mol. The number of anilines is 2. The first kappa shape index (κ1) is 26.2. The summed E-state index contributed by atoms with van der Waals surface area (Å²) in [6.07, 6.45) is 2.47. The van der Waals surface area contributed by atoms with Crippen molar-refractivity contribution in [1.82, 2.24) is 14.5 Å². The third-order valence-corrected chi connectivity index (χ3v) is 9.53. The van der Waals surface area contributed by atoms with Crippen LogP contribution in [0, 0.1) is 39.3 Å². The van der Waals surface area contributed by atoms with Gasteiger partial charge in [-0.3, -0.25) is 0 Å². The van der Waals surface area contributed by atoms with Crippen LogP contribution in [0.5, 0.6) is 5.88 Å². The molecule has 0 radical (unpaired) electrons. The number of hydrogen-bond donors (Lipinski definition) is 1. The van der Waals surface area contributed by atoms with Crippen molar-refractivity contribution >= 4 is 39.4 Å². The number of hydrogen-bond acceptors (Lipinski definition) is 9. The van der Waals surface area contributed by atoms with Gasteiger partial charge in [-0.25, -0.2) is 14.2 Å². The molecule has 0 atom stereocenters. The maximum absolute atomic E-state index is 14.2. The number of thiophene rings is 1. The molecule has 3 fully saturated rings. The summed E-state index contributed by atoms with van der Waals surface area (Å²) in [5, 5.41) is 27.8. The van der Waals surface area contributed by atoms with Crippen LogP contribution in [0.15, 0.2) is 42.5 Å². The molecule has 1 aromatic carbocycles. The highest BCUT2D eigenvalue weighted by Crippen LogP contribution is 2.52. The maximum Gasteiger partial charge on any atom is 0.346 e. The van der Waals surface area contributed by atoms with Gasteiger partial charge in [-0.2, -0.15) is 15.5 Å². The summed E-state index contributed by atoms with van der Waals surface area (Å²) < 4.78 is 22.1. The topological polar surface area (TPSA) is 131 Å². The smallest absolute Gasteiger partial charge is 0.346 e. The number of ether oxygens (including phenoxy) is 1. The fourth-order valence-electron chi connectivity index (χ4n) is 6.05. The van der Waals surface area contributed by atoms with Crippen molar-refractivity contribution in [2.24, 2.45) is 10.8 Å². The van der Waals surface area contributed by atoms with Gasteiger partial charge >= 0.3 is 5.97 Å². The number of carboxylic acid groups (broad SMARTS) is 1. The third kappa shape index (κ3) is 4.58. The highest BCUT2D eigenvalue weighted by Gasteiger charge is 2.54. The molecule has 0 unspecified atom stereocenters. The quantitative estimate of drug-likeness (QED) is 0.295. The number of pyridine rings is 1. The number of benzene rings is 1. The van der Waals surface area contributed by atoms with Crippen LogP contribution in [-0.2, 0) is 13.2 Å². The lowest BCUT2D eigenvalue weighted by Gasteiger charge is -2.60. The van der Waals surface area contributed by atoms with Crippen LogP contribution >= 0.6 is 11.3 Å². The molecule has 5 heterocycles. The van der Waals surface area contributed by atoms with Gasteiger partial charge in [-0.15, -0.1) is 11.3 Å². The Morgan fingerprint density at radius 3 is 2.57 bits per heavy atom. The van der Waals surface area contributed by atoms with Crippen LogP contribution in [0.4, 0.5) is 16.2 Å². The van der Waals surface area contributed by atoms with E-state index in [0.29, 0.717) is 29.2 Å². The molecule has 4 aromatic rings. The number of carbonyl (C=O) groups is 1. The fourth-order valence-corrected chi connectivity index (χ4v) is 6.92. The molecule has 1 spiro atoms. The molecule has 42 heavy (non-hydrogen) atoms. The first-order valence-corrected chi connectivity index (χ1v) is 14.5. The Morgan fingerprint density at radius 1 is 1.10 bits per heavy atom. The predicted octanol–water partition coefficient (Wildman–Crippen LogP) is 4.80. The maximum atomic E-state index is 14.2. The van der Waals surface area contributed by atoms with Gasteiger partial charge in [0.15, 0.2) is 0 Å². The van der Waals surface area contributed by atoms with E-state index in [1.807, 2.05) is 18.2 Å². The lowest BCUT2D eigenvalue weighted by atomic mass is 9.73. The molecule has 10 nitrogen and oxygen atoms in total. The second-order valence-corrected chi connectivity index (χ2v) is 12.7. The highest BCUT2D eigenvalue weighted by molar-refractivity contribution is 7.20. The Kier molecular flexibility index (Phi) is 6.06. The second kappa shape index (κ2) is 9.71. The molecule has 12 heteroatoms. The van der Waals surface area contributed by atoms with E-state index >= 15 is 0 Å². The lowest BCUT2D eigenvalue weighted by molar-refractivity contribution is 0.0702. The summed E-state index contributed by atoms with van der Waals surface area (Å²) in [5.74, 6) is 0.620. The summed E-state index contributed by atoms with van der Waals surface area (Å²) in [7, 11) is 0. The van der Waals surface area contributed by atoms with Crippen LogP contribution in [-0.4, -0.2) is 51.8 Å². The standard InChI is InChI=1S/C30H26FN7O3S/c31-21-10-19(12-33)4-5-20(21)13-41-25-3-1-2-24(34-25)36-14-30(15-36)16-37(17-30)28-35-26-22(11-23(42-26)27(39)40)38(28)18-29(6-7-29)8-9-32/h1-5,10-11H,6-8,13-18H2,(H,39,40). The SMILES string of the molecule is N#CCC1(Cn2c(N3CC4(CN(c5cccc(OCc6ccc(C#N)cc6F)n5)C4)C3)nc3sc(C(=O)O)cc32)CC1. The largest absolute Gasteiger partial charge is 0.477 e. The Bertz CT molecular complexity index is 1800. The van der Waals surface area contributed by atoms with E-state index in [1.165, 1.54) is 17.4 Å². The molecule has 0 amide bonds. The number of carboxylic acids is 1. The molecule has 7 rings (SSSR count). The molecule has 1 N–H and O–H groups in total. The normalized spacial score (nSPS) is 17.8. The Morgan fingerprint density at radius 2 is 1.88 bits per heavy atom. The molecule has 2 saturated heterocycles. The number of imidazole rings is 1. The minimum Gasteiger partial charge on any atom is -0.477 e. The van der Waals surface area contributed by atoms with Gasteiger partial charge in [-0.05, 0) is 37.1 Å². The number of rotatable bonds is 9. The van der Waals surface area contributed by atoms with Gasteiger partial charge in [0.05, 0.1) is 23.2 Å². The Balaban J connectivity index is 1.01. The van der Waals surface area contributed by atoms with E-state index in [1.54, 1.807) is 24.3 Å². The summed E-state index contributed by atoms with van der Waals surface area (Å²) in [6, 6.07) is 15.8. The van der Waals surface area contributed by atoms with Gasteiger partial charge in [0.1, 0.15) is 27.9 Å². The zero-order valence-corrected chi connectivity index (χ0v) is 23.4. The van der Waals surface area contributed by atoms with Crippen LogP contribution in [0.25, 0.3) is 10.3 Å². The van der Waals surface area contributed by atoms with Gasteiger partial charge < -0.3 is 24.2 Å². The molecule has 0 bridgehead atoms. The summed E-state index contributed by atoms with van der Waals surface area (Å²) in [4.78, 5) is 26.5. The van der Waals surface area contributed by atoms with E-state index in [0.717, 1.165) is 56.3 Å². The predicted molar refractivity (Wildman–Crippen MR) is 153 cm³/mol. The fraction of sp³-hybridized carbons (Fsp3) is 0.367. The lowest BCUT2D eigenvalue weighted by Crippen LogP contribution is -2.73. The Labute approximate surface area is 244 Å². The molecule has 1 saturated carbocycles. The molecular formula is C30H26FN7O3S. The van der Waals surface area contributed by atoms with Crippen molar-refractivity contribution in [3.8, 4) is 18.0 Å². The van der Waals surface area contributed by atoms with Crippen LogP contribution in [0.1, 0.15) is 40.1 Å². The van der Waals surface area contributed by atoms with Gasteiger partial charge in [0, 0.05) is 61.6 Å². The van der Waals surface area contributed by atoms with Gasteiger partial charge in [0.25, 0.3) is 0 Å². The average Bonchev–Trinajstić information content (AvgIpc) is 3.43. The number of fused-ring (bicyclic) bond motifs is 1. The third-order valence-electron chi connectivity index (χ3n) is 8.52. The van der Waals surface area contributed by atoms with Gasteiger partial charge in [0.2, 0.25) is 11.8 Å². The number of nitrogens with zero attached hydrogens (tertiary/aromatic N) is 7. The van der Waals surface area contributed by atoms with Crippen LogP contribution < -0.4 is 14.5 Å². The van der Waals surface area contributed by atoms with Crippen LogP contribution in [0.3, 0.4) is 0 Å². The van der Waals surface area contributed by atoms with Crippen LogP contribution in [0.2, 0.25) is 0 Å². The second-order valence-electron chi connectivity index (χ2n) is 11.7. The Hall–Kier alpha value is -4.68. The minimum atomic E-state index is -0.953. The van der Waals surface area contributed by atoms with Crippen molar-refractivity contribution < 1.29 is 19.0 Å². The molecule has 1 aliphatic carbocycles. The van der Waals surface area contributed by atoms with Crippen molar-refractivity contribution in [3.05, 3.63) is 64.3 Å². The summed E-state index contributed by atoms with van der Waals surface area (Å²) in [6.45, 7) is 4.01. The zero-order valence-electron chi connectivity index (χ0n) is 22.6. The van der Waals surface area contributed by atoms with E-state index in [2.05, 4.69) is 25.4 Å². The number of nitriles is 2. The first-order chi connectivity index (χ1) is 20.3. The van der Waals surface area contributed by atoms with Crippen molar-refractivity contribution in [3.63, 3.8) is 0 Å². The molecule has 2 aliphatic heterocycles. The summed E-state index contributed by atoms with van der Waals surface area (Å²) in [5.41, 5.74) is 1.51. The molecule has 3 aromatic heterocycles. The molecule has 212 valence electrons. The molecule has 3 aliphatic rings. The van der Waals surface area contributed by atoms with Gasteiger partial charge in [-0.1, -0.05) is 12.1 Å². The van der Waals surface area contributed by atoms with E-state index in [4.69, 9.17) is 15.0 Å². The van der Waals surface area contributed by atoms with Crippen molar-refractivity contribution in [2.75, 3.05) is 36.0 Å². The number of aromatic nitrogens is 3. The van der Waals surface area contributed by atoms with E-state index in [9.17, 15) is 19.6 Å². The zero-order chi connectivity index (χ0) is 29.1. The number of halogens is 1. The first-order valence-electron chi connectivity index (χ1n) is 13.7. The minimum absolute atomic E-state index is 0.0145. The summed E-state index contributed by atoms with van der Waals surface area (Å²) >= 11 is 1.19. The van der Waals surface area contributed by atoms with E-state index in [-0.39, 0.29) is 27.9 Å².